The molecular weight excluding hydrogens is 310 g/mol. The van der Waals surface area contributed by atoms with Crippen LogP contribution in [-0.2, 0) is 14.8 Å². The van der Waals surface area contributed by atoms with Crippen LogP contribution in [0.5, 0.6) is 0 Å². The fourth-order valence-electron chi connectivity index (χ4n) is 1.89. The number of thiazole rings is 1. The zero-order valence-electron chi connectivity index (χ0n) is 10.5. The van der Waals surface area contributed by atoms with Crippen LogP contribution in [-0.4, -0.2) is 57.2 Å². The van der Waals surface area contributed by atoms with Gasteiger partial charge >= 0.3 is 0 Å². The first-order valence-corrected chi connectivity index (χ1v) is 8.59. The molecule has 1 aromatic rings. The predicted octanol–water partition coefficient (Wildman–Crippen LogP) is 0.795. The minimum Gasteiger partial charge on any atom is -0.379 e. The van der Waals surface area contributed by atoms with Gasteiger partial charge in [0.05, 0.1) is 19.4 Å². The minimum absolute atomic E-state index is 0.145. The average Bonchev–Trinajstić information content (AvgIpc) is 2.77. The number of halogens is 1. The lowest BCUT2D eigenvalue weighted by Gasteiger charge is -2.29. The van der Waals surface area contributed by atoms with Crippen LogP contribution in [0.15, 0.2) is 10.4 Å². The number of rotatable bonds is 5. The van der Waals surface area contributed by atoms with Crippen LogP contribution in [0.25, 0.3) is 0 Å². The Labute approximate surface area is 121 Å². The first-order valence-electron chi connectivity index (χ1n) is 5.91. The molecule has 0 bridgehead atoms. The van der Waals surface area contributed by atoms with Crippen molar-refractivity contribution in [1.29, 1.82) is 0 Å². The van der Waals surface area contributed by atoms with Crippen molar-refractivity contribution in [2.45, 2.75) is 17.2 Å². The molecule has 0 spiro atoms. The monoisotopic (exact) mass is 325 g/mol. The van der Waals surface area contributed by atoms with Crippen molar-refractivity contribution in [1.82, 2.24) is 14.6 Å². The van der Waals surface area contributed by atoms with Gasteiger partial charge in [-0.3, -0.25) is 4.90 Å². The highest BCUT2D eigenvalue weighted by Crippen LogP contribution is 2.22. The quantitative estimate of drug-likeness (QED) is 0.867. The van der Waals surface area contributed by atoms with Gasteiger partial charge in [0.2, 0.25) is 0 Å². The molecule has 1 atom stereocenters. The summed E-state index contributed by atoms with van der Waals surface area (Å²) in [7, 11) is -3.53. The topological polar surface area (TPSA) is 71.5 Å². The predicted molar refractivity (Wildman–Crippen MR) is 74.2 cm³/mol. The Balaban J connectivity index is 1.92. The number of nitrogens with zero attached hydrogens (tertiary/aromatic N) is 2. The van der Waals surface area contributed by atoms with Crippen LogP contribution in [0.1, 0.15) is 6.92 Å². The summed E-state index contributed by atoms with van der Waals surface area (Å²) in [6, 6.07) is -0.177. The van der Waals surface area contributed by atoms with Crippen molar-refractivity contribution in [2.24, 2.45) is 0 Å². The third-order valence-electron chi connectivity index (χ3n) is 2.71. The van der Waals surface area contributed by atoms with E-state index < -0.39 is 10.0 Å². The van der Waals surface area contributed by atoms with E-state index in [-0.39, 0.29) is 14.7 Å². The molecule has 0 saturated carbocycles. The van der Waals surface area contributed by atoms with Crippen LogP contribution in [0.3, 0.4) is 0 Å². The molecule has 2 heterocycles. The van der Waals surface area contributed by atoms with E-state index in [1.54, 1.807) is 0 Å². The Hall–Kier alpha value is -0.250. The number of ether oxygens (including phenoxy) is 1. The summed E-state index contributed by atoms with van der Waals surface area (Å²) in [5.74, 6) is 0. The maximum atomic E-state index is 12.1. The Morgan fingerprint density at radius 2 is 2.26 bits per heavy atom. The van der Waals surface area contributed by atoms with Crippen molar-refractivity contribution < 1.29 is 13.2 Å². The highest BCUT2D eigenvalue weighted by Gasteiger charge is 2.22. The van der Waals surface area contributed by atoms with Crippen LogP contribution >= 0.6 is 22.9 Å². The van der Waals surface area contributed by atoms with Gasteiger partial charge in [0.25, 0.3) is 10.0 Å². The van der Waals surface area contributed by atoms with E-state index in [1.807, 2.05) is 6.92 Å². The number of morpholine rings is 1. The molecule has 1 aromatic heterocycles. The van der Waals surface area contributed by atoms with Gasteiger partial charge < -0.3 is 4.74 Å². The van der Waals surface area contributed by atoms with Gasteiger partial charge in [0, 0.05) is 25.7 Å². The molecule has 0 radical (unpaired) electrons. The summed E-state index contributed by atoms with van der Waals surface area (Å²) in [4.78, 5) is 5.92. The molecule has 1 fully saturated rings. The van der Waals surface area contributed by atoms with Gasteiger partial charge in [0.15, 0.2) is 8.68 Å². The second kappa shape index (κ2) is 6.47. The van der Waals surface area contributed by atoms with Gasteiger partial charge in [0.1, 0.15) is 0 Å². The van der Waals surface area contributed by atoms with Crippen LogP contribution in [0.2, 0.25) is 4.47 Å². The Kier molecular flexibility index (Phi) is 5.15. The zero-order chi connectivity index (χ0) is 13.9. The number of nitrogens with one attached hydrogen (secondary N) is 1. The van der Waals surface area contributed by atoms with E-state index in [9.17, 15) is 8.42 Å². The maximum absolute atomic E-state index is 12.1. The number of hydrogen-bond donors (Lipinski definition) is 1. The molecule has 1 unspecified atom stereocenters. The fourth-order valence-corrected chi connectivity index (χ4v) is 4.44. The number of hydrogen-bond acceptors (Lipinski definition) is 6. The lowest BCUT2D eigenvalue weighted by molar-refractivity contribution is 0.0354. The molecule has 108 valence electrons. The van der Waals surface area contributed by atoms with Crippen LogP contribution < -0.4 is 4.72 Å². The molecule has 1 aliphatic heterocycles. The first-order chi connectivity index (χ1) is 8.97. The van der Waals surface area contributed by atoms with Crippen LogP contribution in [0.4, 0.5) is 0 Å². The van der Waals surface area contributed by atoms with Crippen LogP contribution in [0, 0.1) is 0 Å². The minimum atomic E-state index is -3.53. The van der Waals surface area contributed by atoms with Gasteiger partial charge in [-0.2, -0.15) is 0 Å². The van der Waals surface area contributed by atoms with E-state index in [0.717, 1.165) is 24.4 Å². The number of aromatic nitrogens is 1. The average molecular weight is 326 g/mol. The Morgan fingerprint density at radius 1 is 1.58 bits per heavy atom. The van der Waals surface area contributed by atoms with E-state index in [2.05, 4.69) is 14.6 Å². The summed E-state index contributed by atoms with van der Waals surface area (Å²) in [6.45, 7) is 5.57. The molecule has 19 heavy (non-hydrogen) atoms. The standard InChI is InChI=1S/C10H16ClN3O3S2/c1-8(7-14-2-4-17-5-3-14)13-19(15,16)9-6-12-10(11)18-9/h6,8,13H,2-5,7H2,1H3. The second-order valence-corrected chi connectivity index (χ2v) is 7.92. The van der Waals surface area contributed by atoms with Crippen molar-refractivity contribution in [3.63, 3.8) is 0 Å². The summed E-state index contributed by atoms with van der Waals surface area (Å²) in [6.07, 6.45) is 1.27. The molecule has 1 N–H and O–H groups in total. The van der Waals surface area contributed by atoms with Crippen molar-refractivity contribution >= 4 is 33.0 Å². The summed E-state index contributed by atoms with van der Waals surface area (Å²) >= 11 is 6.60. The molecule has 0 aliphatic carbocycles. The molecule has 9 heteroatoms. The van der Waals surface area contributed by atoms with Gasteiger partial charge in [-0.05, 0) is 6.92 Å². The molecule has 2 rings (SSSR count). The van der Waals surface area contributed by atoms with Gasteiger partial charge in [-0.25, -0.2) is 18.1 Å². The smallest absolute Gasteiger partial charge is 0.251 e. The van der Waals surface area contributed by atoms with E-state index in [4.69, 9.17) is 16.3 Å². The maximum Gasteiger partial charge on any atom is 0.251 e. The molecule has 0 amide bonds. The Morgan fingerprint density at radius 3 is 2.84 bits per heavy atom. The Bertz CT molecular complexity index is 514. The SMILES string of the molecule is CC(CN1CCOCC1)NS(=O)(=O)c1cnc(Cl)s1. The fraction of sp³-hybridized carbons (Fsp3) is 0.700. The highest BCUT2D eigenvalue weighted by atomic mass is 35.5. The first kappa shape index (κ1) is 15.1. The number of sulfonamides is 1. The third kappa shape index (κ3) is 4.37. The molecule has 0 aromatic carbocycles. The van der Waals surface area contributed by atoms with Gasteiger partial charge in [-0.1, -0.05) is 22.9 Å². The lowest BCUT2D eigenvalue weighted by atomic mass is 10.3. The molecular formula is C10H16ClN3O3S2. The third-order valence-corrected chi connectivity index (χ3v) is 5.88. The second-order valence-electron chi connectivity index (χ2n) is 4.37. The summed E-state index contributed by atoms with van der Waals surface area (Å²) < 4.78 is 32.4. The van der Waals surface area contributed by atoms with Gasteiger partial charge in [-0.15, -0.1) is 0 Å². The zero-order valence-corrected chi connectivity index (χ0v) is 12.9. The van der Waals surface area contributed by atoms with Crippen molar-refractivity contribution in [3.05, 3.63) is 10.7 Å². The summed E-state index contributed by atoms with van der Waals surface area (Å²) in [5, 5.41) is 0. The lowest BCUT2D eigenvalue weighted by Crippen LogP contribution is -2.45. The summed E-state index contributed by atoms with van der Waals surface area (Å²) in [5.41, 5.74) is 0. The molecule has 1 aliphatic rings. The normalized spacial score (nSPS) is 19.5. The van der Waals surface area contributed by atoms with E-state index in [0.29, 0.717) is 19.8 Å². The van der Waals surface area contributed by atoms with E-state index >= 15 is 0 Å². The van der Waals surface area contributed by atoms with Crippen molar-refractivity contribution in [3.8, 4) is 0 Å². The molecule has 1 saturated heterocycles. The van der Waals surface area contributed by atoms with Crippen molar-refractivity contribution in [2.75, 3.05) is 32.8 Å². The molecule has 6 nitrogen and oxygen atoms in total. The largest absolute Gasteiger partial charge is 0.379 e. The van der Waals surface area contributed by atoms with E-state index in [1.165, 1.54) is 6.20 Å². The highest BCUT2D eigenvalue weighted by molar-refractivity contribution is 7.91.